The number of carbonyl (C=O) groups excluding carboxylic acids is 1. The van der Waals surface area contributed by atoms with Gasteiger partial charge in [-0.2, -0.15) is 0 Å². The summed E-state index contributed by atoms with van der Waals surface area (Å²) in [7, 11) is 0. The van der Waals surface area contributed by atoms with Gasteiger partial charge >= 0.3 is 0 Å². The summed E-state index contributed by atoms with van der Waals surface area (Å²) in [6.45, 7) is 5.32. The molecule has 2 aromatic carbocycles. The Labute approximate surface area is 169 Å². The maximum absolute atomic E-state index is 13.4. The predicted molar refractivity (Wildman–Crippen MR) is 107 cm³/mol. The van der Waals surface area contributed by atoms with Gasteiger partial charge in [0.1, 0.15) is 5.82 Å². The van der Waals surface area contributed by atoms with Gasteiger partial charge in [-0.1, -0.05) is 23.8 Å². The molecule has 0 saturated carbocycles. The molecule has 3 aromatic rings. The Kier molecular flexibility index (Phi) is 5.67. The van der Waals surface area contributed by atoms with Crippen LogP contribution >= 0.6 is 0 Å². The fourth-order valence-electron chi connectivity index (χ4n) is 3.46. The van der Waals surface area contributed by atoms with Crippen LogP contribution in [0.1, 0.15) is 28.2 Å². The number of rotatable bonds is 4. The lowest BCUT2D eigenvalue weighted by molar-refractivity contribution is 0.0760. The molecule has 0 N–H and O–H groups in total. The highest BCUT2D eigenvalue weighted by Crippen LogP contribution is 2.19. The Balaban J connectivity index is 1.37. The first-order valence-corrected chi connectivity index (χ1v) is 9.75. The zero-order valence-electron chi connectivity index (χ0n) is 16.3. The van der Waals surface area contributed by atoms with Gasteiger partial charge in [0, 0.05) is 37.3 Å². The molecular formula is C22H23FN4O2. The standard InChI is InChI=1S/C22H23FN4O2/c1-16-6-8-17(9-7-16)21-25-24-20(29-21)15-26-10-3-11-27(13-12-26)22(28)18-4-2-5-19(23)14-18/h2,4-9,14H,3,10-13,15H2,1H3. The second-order valence-corrected chi connectivity index (χ2v) is 7.30. The maximum atomic E-state index is 13.4. The lowest BCUT2D eigenvalue weighted by Crippen LogP contribution is -2.35. The van der Waals surface area contributed by atoms with Crippen LogP contribution in [-0.2, 0) is 6.54 Å². The molecule has 1 saturated heterocycles. The molecule has 0 aliphatic carbocycles. The quantitative estimate of drug-likeness (QED) is 0.677. The van der Waals surface area contributed by atoms with Crippen molar-refractivity contribution in [3.05, 3.63) is 71.4 Å². The SMILES string of the molecule is Cc1ccc(-c2nnc(CN3CCCN(C(=O)c4cccc(F)c4)CC3)o2)cc1. The minimum Gasteiger partial charge on any atom is -0.419 e. The first kappa shape index (κ1) is 19.3. The lowest BCUT2D eigenvalue weighted by atomic mass is 10.1. The van der Waals surface area contributed by atoms with E-state index in [1.54, 1.807) is 17.0 Å². The molecule has 4 rings (SSSR count). The Hall–Kier alpha value is -3.06. The number of amides is 1. The smallest absolute Gasteiger partial charge is 0.254 e. The zero-order chi connectivity index (χ0) is 20.2. The van der Waals surface area contributed by atoms with Crippen LogP contribution in [0, 0.1) is 12.7 Å². The number of carbonyl (C=O) groups is 1. The number of nitrogens with zero attached hydrogens (tertiary/aromatic N) is 4. The van der Waals surface area contributed by atoms with E-state index in [2.05, 4.69) is 15.1 Å². The highest BCUT2D eigenvalue weighted by atomic mass is 19.1. The third-order valence-corrected chi connectivity index (χ3v) is 5.07. The second-order valence-electron chi connectivity index (χ2n) is 7.30. The van der Waals surface area contributed by atoms with Crippen LogP contribution in [-0.4, -0.2) is 52.1 Å². The van der Waals surface area contributed by atoms with Gasteiger partial charge in [0.05, 0.1) is 6.54 Å². The molecular weight excluding hydrogens is 371 g/mol. The topological polar surface area (TPSA) is 62.5 Å². The van der Waals surface area contributed by atoms with Crippen molar-refractivity contribution in [2.45, 2.75) is 19.9 Å². The number of benzene rings is 2. The van der Waals surface area contributed by atoms with E-state index in [-0.39, 0.29) is 5.91 Å². The van der Waals surface area contributed by atoms with Gasteiger partial charge in [-0.15, -0.1) is 10.2 Å². The first-order chi connectivity index (χ1) is 14.1. The van der Waals surface area contributed by atoms with E-state index in [9.17, 15) is 9.18 Å². The third-order valence-electron chi connectivity index (χ3n) is 5.07. The number of aromatic nitrogens is 2. The third kappa shape index (κ3) is 4.68. The summed E-state index contributed by atoms with van der Waals surface area (Å²) in [5.74, 6) is 0.544. The molecule has 150 valence electrons. The number of aryl methyl sites for hydroxylation is 1. The fourth-order valence-corrected chi connectivity index (χ4v) is 3.46. The van der Waals surface area contributed by atoms with Crippen molar-refractivity contribution in [2.75, 3.05) is 26.2 Å². The largest absolute Gasteiger partial charge is 0.419 e. The van der Waals surface area contributed by atoms with Gasteiger partial charge in [0.2, 0.25) is 11.8 Å². The van der Waals surface area contributed by atoms with Gasteiger partial charge in [0.15, 0.2) is 0 Å². The van der Waals surface area contributed by atoms with Gasteiger partial charge in [-0.25, -0.2) is 4.39 Å². The van der Waals surface area contributed by atoms with E-state index in [1.807, 2.05) is 31.2 Å². The van der Waals surface area contributed by atoms with Crippen molar-refractivity contribution in [1.29, 1.82) is 0 Å². The molecule has 0 bridgehead atoms. The van der Waals surface area contributed by atoms with E-state index in [0.717, 1.165) is 18.5 Å². The summed E-state index contributed by atoms with van der Waals surface area (Å²) in [5, 5.41) is 8.32. The van der Waals surface area contributed by atoms with Crippen molar-refractivity contribution < 1.29 is 13.6 Å². The minimum absolute atomic E-state index is 0.134. The summed E-state index contributed by atoms with van der Waals surface area (Å²) >= 11 is 0. The molecule has 29 heavy (non-hydrogen) atoms. The molecule has 0 atom stereocenters. The highest BCUT2D eigenvalue weighted by Gasteiger charge is 2.22. The lowest BCUT2D eigenvalue weighted by Gasteiger charge is -2.21. The van der Waals surface area contributed by atoms with Crippen LogP contribution < -0.4 is 0 Å². The summed E-state index contributed by atoms with van der Waals surface area (Å²) in [6, 6.07) is 13.8. The molecule has 1 aromatic heterocycles. The van der Waals surface area contributed by atoms with E-state index in [0.29, 0.717) is 43.5 Å². The molecule has 2 heterocycles. The molecule has 0 radical (unpaired) electrons. The number of halogens is 1. The molecule has 6 nitrogen and oxygen atoms in total. The summed E-state index contributed by atoms with van der Waals surface area (Å²) < 4.78 is 19.2. The summed E-state index contributed by atoms with van der Waals surface area (Å²) in [5.41, 5.74) is 2.46. The monoisotopic (exact) mass is 394 g/mol. The van der Waals surface area contributed by atoms with Crippen LogP contribution in [0.4, 0.5) is 4.39 Å². The summed E-state index contributed by atoms with van der Waals surface area (Å²) in [6.07, 6.45) is 0.833. The molecule has 1 aliphatic rings. The van der Waals surface area contributed by atoms with Crippen molar-refractivity contribution in [1.82, 2.24) is 20.0 Å². The van der Waals surface area contributed by atoms with Gasteiger partial charge in [-0.3, -0.25) is 9.69 Å². The van der Waals surface area contributed by atoms with Crippen LogP contribution in [0.2, 0.25) is 0 Å². The molecule has 1 aliphatic heterocycles. The van der Waals surface area contributed by atoms with Gasteiger partial charge in [-0.05, 0) is 43.7 Å². The van der Waals surface area contributed by atoms with Crippen molar-refractivity contribution in [3.8, 4) is 11.5 Å². The predicted octanol–water partition coefficient (Wildman–Crippen LogP) is 3.53. The molecule has 0 spiro atoms. The molecule has 0 unspecified atom stereocenters. The Morgan fingerprint density at radius 2 is 1.90 bits per heavy atom. The van der Waals surface area contributed by atoms with Crippen molar-refractivity contribution in [3.63, 3.8) is 0 Å². The number of hydrogen-bond donors (Lipinski definition) is 0. The van der Waals surface area contributed by atoms with Crippen molar-refractivity contribution in [2.24, 2.45) is 0 Å². The van der Waals surface area contributed by atoms with Crippen LogP contribution in [0.25, 0.3) is 11.5 Å². The van der Waals surface area contributed by atoms with Crippen LogP contribution in [0.3, 0.4) is 0 Å². The van der Waals surface area contributed by atoms with Gasteiger partial charge < -0.3 is 9.32 Å². The normalized spacial score (nSPS) is 15.3. The average molecular weight is 394 g/mol. The Morgan fingerprint density at radius 1 is 1.07 bits per heavy atom. The van der Waals surface area contributed by atoms with E-state index < -0.39 is 5.82 Å². The Morgan fingerprint density at radius 3 is 2.69 bits per heavy atom. The minimum atomic E-state index is -0.395. The molecule has 1 amide bonds. The highest BCUT2D eigenvalue weighted by molar-refractivity contribution is 5.94. The molecule has 7 heteroatoms. The van der Waals surface area contributed by atoms with E-state index >= 15 is 0 Å². The molecule has 1 fully saturated rings. The van der Waals surface area contributed by atoms with E-state index in [1.165, 1.54) is 17.7 Å². The number of hydrogen-bond acceptors (Lipinski definition) is 5. The van der Waals surface area contributed by atoms with E-state index in [4.69, 9.17) is 4.42 Å². The fraction of sp³-hybridized carbons (Fsp3) is 0.318. The van der Waals surface area contributed by atoms with Crippen LogP contribution in [0.15, 0.2) is 52.9 Å². The van der Waals surface area contributed by atoms with Crippen LogP contribution in [0.5, 0.6) is 0 Å². The Bertz CT molecular complexity index is 986. The maximum Gasteiger partial charge on any atom is 0.254 e. The second kappa shape index (κ2) is 8.53. The summed E-state index contributed by atoms with van der Waals surface area (Å²) in [4.78, 5) is 16.6. The zero-order valence-corrected chi connectivity index (χ0v) is 16.3. The average Bonchev–Trinajstić information content (AvgIpc) is 3.06. The van der Waals surface area contributed by atoms with Crippen molar-refractivity contribution >= 4 is 5.91 Å². The van der Waals surface area contributed by atoms with Gasteiger partial charge in [0.25, 0.3) is 5.91 Å². The first-order valence-electron chi connectivity index (χ1n) is 9.75.